The third kappa shape index (κ3) is 1.39. The van der Waals surface area contributed by atoms with E-state index in [1.165, 1.54) is 0 Å². The number of nitrogens with two attached hydrogens (primary N) is 1. The first kappa shape index (κ1) is 9.20. The summed E-state index contributed by atoms with van der Waals surface area (Å²) in [4.78, 5) is 6.95. The molecular weight excluding hydrogens is 197 g/mol. The van der Waals surface area contributed by atoms with Gasteiger partial charge in [-0.1, -0.05) is 0 Å². The van der Waals surface area contributed by atoms with Crippen LogP contribution in [-0.4, -0.2) is 9.97 Å². The van der Waals surface area contributed by atoms with Crippen LogP contribution >= 0.6 is 0 Å². The third-order valence-corrected chi connectivity index (χ3v) is 1.97. The zero-order valence-electron chi connectivity index (χ0n) is 7.02. The van der Waals surface area contributed by atoms with Crippen LogP contribution in [0.4, 0.5) is 19.1 Å². The molecule has 1 aliphatic heterocycles. The van der Waals surface area contributed by atoms with E-state index in [1.807, 2.05) is 0 Å². The second-order valence-electron chi connectivity index (χ2n) is 2.96. The van der Waals surface area contributed by atoms with Gasteiger partial charge in [-0.2, -0.15) is 13.2 Å². The summed E-state index contributed by atoms with van der Waals surface area (Å²) in [7, 11) is 0. The first-order valence-corrected chi connectivity index (χ1v) is 3.91. The molecule has 0 aliphatic carbocycles. The maximum atomic E-state index is 12.4. The van der Waals surface area contributed by atoms with Crippen LogP contribution in [0, 0.1) is 0 Å². The monoisotopic (exact) mass is 204 g/mol. The predicted octanol–water partition coefficient (Wildman–Crippen LogP) is 0.681. The number of hydrogen-bond acceptors (Lipinski definition) is 4. The lowest BCUT2D eigenvalue weighted by Gasteiger charge is -2.10. The number of fused-ring (bicyclic) bond motifs is 1. The average Bonchev–Trinajstić information content (AvgIpc) is 2.47. The van der Waals surface area contributed by atoms with E-state index >= 15 is 0 Å². The number of alkyl halides is 3. The minimum atomic E-state index is -4.47. The summed E-state index contributed by atoms with van der Waals surface area (Å²) in [5.41, 5.74) is 4.69. The van der Waals surface area contributed by atoms with Crippen LogP contribution in [-0.2, 0) is 19.3 Å². The molecule has 1 aromatic heterocycles. The predicted molar refractivity (Wildman–Crippen MR) is 42.0 cm³/mol. The van der Waals surface area contributed by atoms with Gasteiger partial charge in [-0.3, -0.25) is 0 Å². The van der Waals surface area contributed by atoms with E-state index in [0.717, 1.165) is 0 Å². The van der Waals surface area contributed by atoms with Gasteiger partial charge in [-0.25, -0.2) is 9.97 Å². The Morgan fingerprint density at radius 2 is 1.93 bits per heavy atom. The van der Waals surface area contributed by atoms with Crippen molar-refractivity contribution in [1.29, 1.82) is 0 Å². The van der Waals surface area contributed by atoms with E-state index in [9.17, 15) is 13.2 Å². The summed E-state index contributed by atoms with van der Waals surface area (Å²) in [5, 5.41) is 2.77. The molecule has 76 valence electrons. The maximum absolute atomic E-state index is 12.4. The minimum Gasteiger partial charge on any atom is -0.368 e. The lowest BCUT2D eigenvalue weighted by Crippen LogP contribution is -2.15. The number of hydrogen-bond donors (Lipinski definition) is 2. The highest BCUT2D eigenvalue weighted by atomic mass is 19.4. The molecule has 0 unspecified atom stereocenters. The normalized spacial score (nSPS) is 15.6. The van der Waals surface area contributed by atoms with Gasteiger partial charge in [0.05, 0.1) is 5.69 Å². The number of anilines is 1. The van der Waals surface area contributed by atoms with Gasteiger partial charge in [0.2, 0.25) is 5.95 Å². The molecule has 2 heterocycles. The number of nitrogens with one attached hydrogen (secondary N) is 1. The van der Waals surface area contributed by atoms with Gasteiger partial charge in [0, 0.05) is 18.7 Å². The van der Waals surface area contributed by atoms with Crippen molar-refractivity contribution in [1.82, 2.24) is 15.3 Å². The van der Waals surface area contributed by atoms with E-state index in [4.69, 9.17) is 5.73 Å². The molecule has 14 heavy (non-hydrogen) atoms. The fourth-order valence-electron chi connectivity index (χ4n) is 1.42. The number of nitrogen functional groups attached to an aromatic ring is 1. The van der Waals surface area contributed by atoms with Gasteiger partial charge in [0.15, 0.2) is 5.69 Å². The van der Waals surface area contributed by atoms with E-state index in [0.29, 0.717) is 12.2 Å². The maximum Gasteiger partial charge on any atom is 0.433 e. The van der Waals surface area contributed by atoms with Crippen LogP contribution in [0.2, 0.25) is 0 Å². The zero-order chi connectivity index (χ0) is 10.3. The van der Waals surface area contributed by atoms with Crippen LogP contribution in [0.1, 0.15) is 17.0 Å². The molecule has 1 aliphatic rings. The van der Waals surface area contributed by atoms with Crippen molar-refractivity contribution >= 4 is 5.95 Å². The van der Waals surface area contributed by atoms with Crippen molar-refractivity contribution in [3.8, 4) is 0 Å². The number of aromatic nitrogens is 2. The molecular formula is C7H7F3N4. The number of nitrogens with zero attached hydrogens (tertiary/aromatic N) is 2. The third-order valence-electron chi connectivity index (χ3n) is 1.97. The molecule has 2 rings (SSSR count). The molecule has 0 aromatic carbocycles. The Hall–Kier alpha value is -1.37. The van der Waals surface area contributed by atoms with Crippen molar-refractivity contribution in [2.24, 2.45) is 0 Å². The highest BCUT2D eigenvalue weighted by Crippen LogP contribution is 2.33. The zero-order valence-corrected chi connectivity index (χ0v) is 7.02. The lowest BCUT2D eigenvalue weighted by atomic mass is 10.2. The Balaban J connectivity index is 2.60. The standard InChI is InChI=1S/C7H7F3N4/c8-7(9,10)5-3-1-12-2-4(3)13-6(11)14-5/h12H,1-2H2,(H2,11,13,14). The van der Waals surface area contributed by atoms with Crippen LogP contribution in [0.15, 0.2) is 0 Å². The second-order valence-corrected chi connectivity index (χ2v) is 2.96. The molecule has 4 nitrogen and oxygen atoms in total. The smallest absolute Gasteiger partial charge is 0.368 e. The molecule has 3 N–H and O–H groups in total. The van der Waals surface area contributed by atoms with Gasteiger partial charge in [0.1, 0.15) is 0 Å². The summed E-state index contributed by atoms with van der Waals surface area (Å²) in [6.45, 7) is 0.454. The molecule has 0 spiro atoms. The molecule has 0 radical (unpaired) electrons. The van der Waals surface area contributed by atoms with Gasteiger partial charge < -0.3 is 11.1 Å². The molecule has 0 fully saturated rings. The Bertz CT molecular complexity index is 374. The summed E-state index contributed by atoms with van der Waals surface area (Å²) in [6.07, 6.45) is -4.47. The van der Waals surface area contributed by atoms with E-state index in [-0.39, 0.29) is 18.1 Å². The van der Waals surface area contributed by atoms with Crippen molar-refractivity contribution in [2.45, 2.75) is 19.3 Å². The van der Waals surface area contributed by atoms with Gasteiger partial charge in [0.25, 0.3) is 0 Å². The summed E-state index contributed by atoms with van der Waals surface area (Å²) >= 11 is 0. The largest absolute Gasteiger partial charge is 0.433 e. The molecule has 0 amide bonds. The number of halogens is 3. The second kappa shape index (κ2) is 2.81. The highest BCUT2D eigenvalue weighted by molar-refractivity contribution is 5.35. The van der Waals surface area contributed by atoms with Gasteiger partial charge in [-0.15, -0.1) is 0 Å². The Morgan fingerprint density at radius 3 is 2.57 bits per heavy atom. The van der Waals surface area contributed by atoms with Crippen molar-refractivity contribution in [2.75, 3.05) is 5.73 Å². The van der Waals surface area contributed by atoms with Gasteiger partial charge in [-0.05, 0) is 0 Å². The molecule has 0 atom stereocenters. The van der Waals surface area contributed by atoms with Crippen LogP contribution in [0.25, 0.3) is 0 Å². The van der Waals surface area contributed by atoms with E-state index in [1.54, 1.807) is 0 Å². The Morgan fingerprint density at radius 1 is 1.21 bits per heavy atom. The first-order chi connectivity index (χ1) is 6.48. The molecule has 0 bridgehead atoms. The molecule has 0 saturated carbocycles. The van der Waals surface area contributed by atoms with Crippen LogP contribution < -0.4 is 11.1 Å². The van der Waals surface area contributed by atoms with Crippen LogP contribution in [0.5, 0.6) is 0 Å². The summed E-state index contributed by atoms with van der Waals surface area (Å²) in [5.74, 6) is -0.334. The molecule has 1 aromatic rings. The van der Waals surface area contributed by atoms with Crippen LogP contribution in [0.3, 0.4) is 0 Å². The number of rotatable bonds is 0. The van der Waals surface area contributed by atoms with Gasteiger partial charge >= 0.3 is 6.18 Å². The van der Waals surface area contributed by atoms with Crippen molar-refractivity contribution < 1.29 is 13.2 Å². The van der Waals surface area contributed by atoms with Crippen molar-refractivity contribution in [3.05, 3.63) is 17.0 Å². The summed E-state index contributed by atoms with van der Waals surface area (Å²) in [6, 6.07) is 0. The molecule has 7 heteroatoms. The van der Waals surface area contributed by atoms with Crippen molar-refractivity contribution in [3.63, 3.8) is 0 Å². The first-order valence-electron chi connectivity index (χ1n) is 3.91. The summed E-state index contributed by atoms with van der Waals surface area (Å²) < 4.78 is 37.3. The topological polar surface area (TPSA) is 63.8 Å². The fourth-order valence-corrected chi connectivity index (χ4v) is 1.42. The van der Waals surface area contributed by atoms with E-state index < -0.39 is 11.9 Å². The molecule has 0 saturated heterocycles. The highest BCUT2D eigenvalue weighted by Gasteiger charge is 2.38. The Labute approximate surface area is 77.3 Å². The Kier molecular flexibility index (Phi) is 1.84. The minimum absolute atomic E-state index is 0.103. The lowest BCUT2D eigenvalue weighted by molar-refractivity contribution is -0.141. The quantitative estimate of drug-likeness (QED) is 0.652. The SMILES string of the molecule is Nc1nc2c(c(C(F)(F)F)n1)CNC2. The van der Waals surface area contributed by atoms with E-state index in [2.05, 4.69) is 15.3 Å². The average molecular weight is 204 g/mol. The fraction of sp³-hybridized carbons (Fsp3) is 0.429.